The molecule has 152 valence electrons. The highest BCUT2D eigenvalue weighted by atomic mass is 35.5. The molecule has 0 saturated carbocycles. The highest BCUT2D eigenvalue weighted by molar-refractivity contribution is 7.99. The molecular weight excluding hydrogens is 408 g/mol. The number of methoxy groups -OCH3 is 1. The first kappa shape index (κ1) is 21.4. The van der Waals surface area contributed by atoms with E-state index in [1.54, 1.807) is 7.11 Å². The van der Waals surface area contributed by atoms with Crippen molar-refractivity contribution in [2.45, 2.75) is 25.5 Å². The molecule has 29 heavy (non-hydrogen) atoms. The van der Waals surface area contributed by atoms with E-state index in [4.69, 9.17) is 16.3 Å². The minimum atomic E-state index is -0.0886. The molecule has 3 rings (SSSR count). The number of rotatable bonds is 8. The molecule has 1 aromatic heterocycles. The molecule has 0 unspecified atom stereocenters. The second kappa shape index (κ2) is 9.91. The minimum Gasteiger partial charge on any atom is -0.383 e. The number of aryl methyl sites for hydroxylation is 2. The van der Waals surface area contributed by atoms with Gasteiger partial charge in [0.25, 0.3) is 0 Å². The van der Waals surface area contributed by atoms with Crippen LogP contribution in [-0.2, 0) is 16.1 Å². The zero-order valence-corrected chi connectivity index (χ0v) is 18.2. The van der Waals surface area contributed by atoms with Crippen LogP contribution in [-0.4, -0.2) is 40.1 Å². The maximum atomic E-state index is 12.4. The second-order valence-electron chi connectivity index (χ2n) is 6.67. The van der Waals surface area contributed by atoms with Crippen molar-refractivity contribution >= 4 is 35.0 Å². The molecule has 3 aromatic rings. The van der Waals surface area contributed by atoms with Gasteiger partial charge in [0.1, 0.15) is 0 Å². The fourth-order valence-electron chi connectivity index (χ4n) is 2.97. The Labute approximate surface area is 179 Å². The zero-order valence-electron chi connectivity index (χ0n) is 16.6. The third kappa shape index (κ3) is 5.82. The lowest BCUT2D eigenvalue weighted by atomic mass is 10.1. The van der Waals surface area contributed by atoms with Gasteiger partial charge in [0.2, 0.25) is 5.91 Å². The van der Waals surface area contributed by atoms with Gasteiger partial charge in [-0.25, -0.2) is 0 Å². The Hall–Kier alpha value is -2.35. The maximum absolute atomic E-state index is 12.4. The van der Waals surface area contributed by atoms with Crippen LogP contribution in [0.2, 0.25) is 5.02 Å². The minimum absolute atomic E-state index is 0.0886. The number of carbonyl (C=O) groups is 1. The van der Waals surface area contributed by atoms with Crippen molar-refractivity contribution in [3.05, 3.63) is 58.6 Å². The largest absolute Gasteiger partial charge is 0.383 e. The van der Waals surface area contributed by atoms with Crippen LogP contribution < -0.4 is 5.32 Å². The topological polar surface area (TPSA) is 69.0 Å². The average molecular weight is 431 g/mol. The quantitative estimate of drug-likeness (QED) is 0.529. The van der Waals surface area contributed by atoms with Gasteiger partial charge < -0.3 is 10.1 Å². The van der Waals surface area contributed by atoms with E-state index in [1.807, 2.05) is 54.8 Å². The summed E-state index contributed by atoms with van der Waals surface area (Å²) in [5.41, 5.74) is 3.93. The molecule has 0 atom stereocenters. The molecule has 0 radical (unpaired) electrons. The molecule has 1 N–H and O–H groups in total. The Balaban J connectivity index is 1.72. The summed E-state index contributed by atoms with van der Waals surface area (Å²) in [6, 6.07) is 13.4. The number of carbonyl (C=O) groups excluding carboxylic acids is 1. The third-order valence-electron chi connectivity index (χ3n) is 4.18. The summed E-state index contributed by atoms with van der Waals surface area (Å²) in [6.45, 7) is 5.12. The summed E-state index contributed by atoms with van der Waals surface area (Å²) in [7, 11) is 1.65. The van der Waals surface area contributed by atoms with Crippen LogP contribution in [0.3, 0.4) is 0 Å². The molecule has 0 fully saturated rings. The average Bonchev–Trinajstić information content (AvgIpc) is 3.07. The molecule has 2 aromatic carbocycles. The van der Waals surface area contributed by atoms with Crippen LogP contribution in [0.1, 0.15) is 11.1 Å². The molecule has 1 heterocycles. The molecule has 0 bridgehead atoms. The van der Waals surface area contributed by atoms with Crippen LogP contribution in [0, 0.1) is 13.8 Å². The molecule has 0 saturated heterocycles. The van der Waals surface area contributed by atoms with Crippen molar-refractivity contribution in [2.75, 3.05) is 24.8 Å². The van der Waals surface area contributed by atoms with E-state index in [1.165, 1.54) is 11.8 Å². The monoisotopic (exact) mass is 430 g/mol. The smallest absolute Gasteiger partial charge is 0.234 e. The van der Waals surface area contributed by atoms with E-state index in [0.29, 0.717) is 23.3 Å². The second-order valence-corrected chi connectivity index (χ2v) is 8.05. The van der Waals surface area contributed by atoms with Gasteiger partial charge in [-0.15, -0.1) is 10.2 Å². The van der Waals surface area contributed by atoms with E-state index in [0.717, 1.165) is 28.2 Å². The number of nitrogens with zero attached hydrogens (tertiary/aromatic N) is 3. The Kier molecular flexibility index (Phi) is 7.30. The molecule has 0 aliphatic heterocycles. The fourth-order valence-corrected chi connectivity index (χ4v) is 3.86. The number of anilines is 1. The molecule has 0 spiro atoms. The number of halogens is 1. The highest BCUT2D eigenvalue weighted by Gasteiger charge is 2.16. The summed E-state index contributed by atoms with van der Waals surface area (Å²) in [4.78, 5) is 12.4. The van der Waals surface area contributed by atoms with Crippen LogP contribution in [0.25, 0.3) is 11.4 Å². The predicted molar refractivity (Wildman–Crippen MR) is 118 cm³/mol. The van der Waals surface area contributed by atoms with Crippen molar-refractivity contribution < 1.29 is 9.53 Å². The Morgan fingerprint density at radius 3 is 2.48 bits per heavy atom. The molecule has 8 heteroatoms. The van der Waals surface area contributed by atoms with E-state index in [2.05, 4.69) is 21.6 Å². The first-order chi connectivity index (χ1) is 14.0. The number of aromatic nitrogens is 3. The number of hydrogen-bond donors (Lipinski definition) is 1. The number of hydrogen-bond acceptors (Lipinski definition) is 5. The zero-order chi connectivity index (χ0) is 20.8. The number of amides is 1. The van der Waals surface area contributed by atoms with Crippen molar-refractivity contribution in [1.29, 1.82) is 0 Å². The van der Waals surface area contributed by atoms with Gasteiger partial charge in [-0.1, -0.05) is 29.4 Å². The fraction of sp³-hybridized carbons (Fsp3) is 0.286. The molecule has 0 aliphatic carbocycles. The molecule has 1 amide bonds. The SMILES string of the molecule is COCCn1c(SCC(=O)Nc2cc(C)cc(C)c2)nnc1-c1ccc(Cl)cc1. The predicted octanol–water partition coefficient (Wildman–Crippen LogP) is 4.59. The normalized spacial score (nSPS) is 10.9. The van der Waals surface area contributed by atoms with Gasteiger partial charge in [-0.05, 0) is 61.4 Å². The Bertz CT molecular complexity index is 969. The van der Waals surface area contributed by atoms with E-state index in [9.17, 15) is 4.79 Å². The van der Waals surface area contributed by atoms with E-state index >= 15 is 0 Å². The Morgan fingerprint density at radius 1 is 1.14 bits per heavy atom. The van der Waals surface area contributed by atoms with Crippen LogP contribution in [0.5, 0.6) is 0 Å². The van der Waals surface area contributed by atoms with Crippen LogP contribution in [0.15, 0.2) is 47.6 Å². The summed E-state index contributed by atoms with van der Waals surface area (Å²) in [5, 5.41) is 12.9. The number of nitrogens with one attached hydrogen (secondary N) is 1. The highest BCUT2D eigenvalue weighted by Crippen LogP contribution is 2.25. The first-order valence-corrected chi connectivity index (χ1v) is 10.5. The number of benzene rings is 2. The molecule has 0 aliphatic rings. The van der Waals surface area contributed by atoms with E-state index < -0.39 is 0 Å². The van der Waals surface area contributed by atoms with Gasteiger partial charge in [-0.3, -0.25) is 9.36 Å². The van der Waals surface area contributed by atoms with Crippen molar-refractivity contribution in [2.24, 2.45) is 0 Å². The van der Waals surface area contributed by atoms with Gasteiger partial charge in [-0.2, -0.15) is 0 Å². The van der Waals surface area contributed by atoms with Gasteiger partial charge in [0, 0.05) is 23.4 Å². The summed E-state index contributed by atoms with van der Waals surface area (Å²) < 4.78 is 7.18. The van der Waals surface area contributed by atoms with Crippen molar-refractivity contribution in [3.8, 4) is 11.4 Å². The first-order valence-electron chi connectivity index (χ1n) is 9.15. The maximum Gasteiger partial charge on any atom is 0.234 e. The summed E-state index contributed by atoms with van der Waals surface area (Å²) in [5.74, 6) is 0.865. The summed E-state index contributed by atoms with van der Waals surface area (Å²) in [6.07, 6.45) is 0. The number of ether oxygens (including phenoxy) is 1. The van der Waals surface area contributed by atoms with Crippen LogP contribution in [0.4, 0.5) is 5.69 Å². The van der Waals surface area contributed by atoms with Crippen molar-refractivity contribution in [1.82, 2.24) is 14.8 Å². The Morgan fingerprint density at radius 2 is 1.83 bits per heavy atom. The van der Waals surface area contributed by atoms with Crippen molar-refractivity contribution in [3.63, 3.8) is 0 Å². The van der Waals surface area contributed by atoms with E-state index in [-0.39, 0.29) is 11.7 Å². The van der Waals surface area contributed by atoms with Gasteiger partial charge in [0.05, 0.1) is 18.9 Å². The lowest BCUT2D eigenvalue weighted by Gasteiger charge is -2.10. The van der Waals surface area contributed by atoms with Gasteiger partial charge >= 0.3 is 0 Å². The lowest BCUT2D eigenvalue weighted by Crippen LogP contribution is -2.15. The van der Waals surface area contributed by atoms with Crippen LogP contribution >= 0.6 is 23.4 Å². The van der Waals surface area contributed by atoms with Gasteiger partial charge in [0.15, 0.2) is 11.0 Å². The molecular formula is C21H23ClN4O2S. The lowest BCUT2D eigenvalue weighted by molar-refractivity contribution is -0.113. The number of thioether (sulfide) groups is 1. The molecule has 6 nitrogen and oxygen atoms in total. The standard InChI is InChI=1S/C21H23ClN4O2S/c1-14-10-15(2)12-18(11-14)23-19(27)13-29-21-25-24-20(26(21)8-9-28-3)16-4-6-17(22)7-5-16/h4-7,10-12H,8-9,13H2,1-3H3,(H,23,27). The summed E-state index contributed by atoms with van der Waals surface area (Å²) >= 11 is 7.33. The third-order valence-corrected chi connectivity index (χ3v) is 5.39.